The topological polar surface area (TPSA) is 70.3 Å². The van der Waals surface area contributed by atoms with E-state index in [4.69, 9.17) is 5.26 Å². The summed E-state index contributed by atoms with van der Waals surface area (Å²) in [6.45, 7) is 0. The van der Waals surface area contributed by atoms with E-state index in [0.717, 1.165) is 19.2 Å². The monoisotopic (exact) mass is 277 g/mol. The number of rotatable bonds is 2. The van der Waals surface area contributed by atoms with Crippen LogP contribution < -0.4 is 0 Å². The van der Waals surface area contributed by atoms with Gasteiger partial charge in [0, 0.05) is 0 Å². The van der Waals surface area contributed by atoms with Gasteiger partial charge in [0.25, 0.3) is 0 Å². The van der Waals surface area contributed by atoms with Gasteiger partial charge in [-0.05, 0) is 23.9 Å². The van der Waals surface area contributed by atoms with E-state index in [1.165, 1.54) is 6.07 Å². The summed E-state index contributed by atoms with van der Waals surface area (Å²) in [6.07, 6.45) is 0. The van der Waals surface area contributed by atoms with E-state index in [1.807, 2.05) is 0 Å². The van der Waals surface area contributed by atoms with Crippen LogP contribution in [-0.4, -0.2) is 23.7 Å². The number of ether oxygens (including phenoxy) is 1. The van der Waals surface area contributed by atoms with Crippen molar-refractivity contribution in [1.82, 2.24) is 0 Å². The minimum Gasteiger partial charge on any atom is -0.507 e. The highest BCUT2D eigenvalue weighted by Gasteiger charge is 2.33. The van der Waals surface area contributed by atoms with Crippen LogP contribution in [0.5, 0.6) is 5.75 Å². The smallest absolute Gasteiger partial charge is 0.446 e. The highest BCUT2D eigenvalue weighted by atomic mass is 32.2. The SMILES string of the molecule is COC(=O)c1ccc(O)c(SC(F)(F)F)c1C#N. The summed E-state index contributed by atoms with van der Waals surface area (Å²) in [5.74, 6) is -1.67. The van der Waals surface area contributed by atoms with Crippen molar-refractivity contribution in [2.75, 3.05) is 7.11 Å². The first kappa shape index (κ1) is 14.2. The van der Waals surface area contributed by atoms with Crippen LogP contribution in [-0.2, 0) is 4.74 Å². The Labute approximate surface area is 104 Å². The molecule has 96 valence electrons. The average Bonchev–Trinajstić information content (AvgIpc) is 2.29. The molecule has 0 saturated heterocycles. The summed E-state index contributed by atoms with van der Waals surface area (Å²) in [5.41, 5.74) is -5.58. The molecule has 4 nitrogen and oxygen atoms in total. The van der Waals surface area contributed by atoms with Gasteiger partial charge in [0.1, 0.15) is 11.8 Å². The van der Waals surface area contributed by atoms with E-state index in [2.05, 4.69) is 4.74 Å². The predicted octanol–water partition coefficient (Wildman–Crippen LogP) is 2.66. The summed E-state index contributed by atoms with van der Waals surface area (Å²) in [7, 11) is 1.03. The Balaban J connectivity index is 3.41. The predicted molar refractivity (Wildman–Crippen MR) is 56.1 cm³/mol. The highest BCUT2D eigenvalue weighted by Crippen LogP contribution is 2.43. The Bertz CT molecular complexity index is 522. The molecule has 1 aromatic carbocycles. The van der Waals surface area contributed by atoms with E-state index in [0.29, 0.717) is 0 Å². The molecule has 0 aliphatic rings. The number of methoxy groups -OCH3 is 1. The van der Waals surface area contributed by atoms with Gasteiger partial charge in [-0.3, -0.25) is 0 Å². The molecule has 0 aromatic heterocycles. The molecule has 8 heteroatoms. The van der Waals surface area contributed by atoms with Crippen molar-refractivity contribution in [2.24, 2.45) is 0 Å². The molecule has 0 amide bonds. The normalized spacial score (nSPS) is 10.8. The summed E-state index contributed by atoms with van der Waals surface area (Å²) < 4.78 is 41.2. The van der Waals surface area contributed by atoms with Crippen molar-refractivity contribution >= 4 is 17.7 Å². The minimum absolute atomic E-state index is 0.329. The summed E-state index contributed by atoms with van der Waals surface area (Å²) in [5, 5.41) is 18.2. The number of nitrogens with zero attached hydrogens (tertiary/aromatic N) is 1. The van der Waals surface area contributed by atoms with E-state index in [1.54, 1.807) is 0 Å². The third kappa shape index (κ3) is 3.07. The van der Waals surface area contributed by atoms with Crippen molar-refractivity contribution in [1.29, 1.82) is 5.26 Å². The second-order valence-electron chi connectivity index (χ2n) is 2.99. The van der Waals surface area contributed by atoms with Gasteiger partial charge in [0.15, 0.2) is 0 Å². The van der Waals surface area contributed by atoms with Crippen LogP contribution in [0.4, 0.5) is 13.2 Å². The maximum Gasteiger partial charge on any atom is 0.446 e. The zero-order valence-electron chi connectivity index (χ0n) is 8.91. The zero-order valence-corrected chi connectivity index (χ0v) is 9.72. The number of thioether (sulfide) groups is 1. The van der Waals surface area contributed by atoms with Gasteiger partial charge in [-0.2, -0.15) is 18.4 Å². The van der Waals surface area contributed by atoms with Crippen LogP contribution in [0, 0.1) is 11.3 Å². The lowest BCUT2D eigenvalue weighted by Gasteiger charge is -2.11. The highest BCUT2D eigenvalue weighted by molar-refractivity contribution is 8.00. The van der Waals surface area contributed by atoms with Crippen LogP contribution in [0.2, 0.25) is 0 Å². The van der Waals surface area contributed by atoms with Gasteiger partial charge in [-0.25, -0.2) is 4.79 Å². The molecule has 1 N–H and O–H groups in total. The van der Waals surface area contributed by atoms with Crippen LogP contribution in [0.3, 0.4) is 0 Å². The van der Waals surface area contributed by atoms with Crippen molar-refractivity contribution in [3.63, 3.8) is 0 Å². The first-order valence-electron chi connectivity index (χ1n) is 4.40. The molecule has 0 aliphatic carbocycles. The van der Waals surface area contributed by atoms with Crippen LogP contribution in [0.15, 0.2) is 17.0 Å². The van der Waals surface area contributed by atoms with Gasteiger partial charge in [0.05, 0.1) is 23.1 Å². The number of nitriles is 1. The third-order valence-electron chi connectivity index (χ3n) is 1.87. The molecular formula is C10H6F3NO3S. The molecule has 0 atom stereocenters. The van der Waals surface area contributed by atoms with E-state index >= 15 is 0 Å². The maximum atomic E-state index is 12.3. The van der Waals surface area contributed by atoms with Crippen molar-refractivity contribution < 1.29 is 27.8 Å². The number of hydrogen-bond acceptors (Lipinski definition) is 5. The standard InChI is InChI=1S/C10H6F3NO3S/c1-17-9(16)5-2-3-7(15)8(6(5)4-14)18-10(11,12)13/h2-3,15H,1H3. The van der Waals surface area contributed by atoms with Crippen molar-refractivity contribution in [3.05, 3.63) is 23.3 Å². The second kappa shape index (κ2) is 5.18. The average molecular weight is 277 g/mol. The fourth-order valence-electron chi connectivity index (χ4n) is 1.18. The molecule has 0 aliphatic heterocycles. The van der Waals surface area contributed by atoms with Crippen molar-refractivity contribution in [2.45, 2.75) is 10.4 Å². The number of aromatic hydroxyl groups is 1. The number of alkyl halides is 3. The molecule has 0 bridgehead atoms. The van der Waals surface area contributed by atoms with Crippen LogP contribution in [0.25, 0.3) is 0 Å². The Hall–Kier alpha value is -1.88. The fourth-order valence-corrected chi connectivity index (χ4v) is 1.84. The molecule has 0 heterocycles. The number of phenols is 1. The molecule has 0 saturated carbocycles. The molecule has 0 unspecified atom stereocenters. The number of hydrogen-bond donors (Lipinski definition) is 1. The van der Waals surface area contributed by atoms with Gasteiger partial charge in [0.2, 0.25) is 0 Å². The number of benzene rings is 1. The fraction of sp³-hybridized carbons (Fsp3) is 0.200. The Morgan fingerprint density at radius 3 is 2.56 bits per heavy atom. The van der Waals surface area contributed by atoms with E-state index < -0.39 is 39.4 Å². The largest absolute Gasteiger partial charge is 0.507 e. The quantitative estimate of drug-likeness (QED) is 0.664. The molecule has 18 heavy (non-hydrogen) atoms. The molecule has 0 fully saturated rings. The van der Waals surface area contributed by atoms with Gasteiger partial charge >= 0.3 is 11.5 Å². The first-order chi connectivity index (χ1) is 8.30. The van der Waals surface area contributed by atoms with Crippen LogP contribution >= 0.6 is 11.8 Å². The summed E-state index contributed by atoms with van der Waals surface area (Å²) >= 11 is -0.660. The number of phenolic OH excluding ortho intramolecular Hbond substituents is 1. The summed E-state index contributed by atoms with van der Waals surface area (Å²) in [6, 6.07) is 3.39. The Kier molecular flexibility index (Phi) is 4.08. The lowest BCUT2D eigenvalue weighted by molar-refractivity contribution is -0.0329. The maximum absolute atomic E-state index is 12.3. The number of halogens is 3. The molecular weight excluding hydrogens is 271 g/mol. The minimum atomic E-state index is -4.68. The molecule has 1 rings (SSSR count). The molecule has 0 spiro atoms. The van der Waals surface area contributed by atoms with Gasteiger partial charge in [-0.15, -0.1) is 0 Å². The Morgan fingerprint density at radius 2 is 2.11 bits per heavy atom. The van der Waals surface area contributed by atoms with Gasteiger partial charge in [-0.1, -0.05) is 0 Å². The van der Waals surface area contributed by atoms with E-state index in [-0.39, 0.29) is 5.56 Å². The lowest BCUT2D eigenvalue weighted by Crippen LogP contribution is -2.07. The number of carbonyl (C=O) groups excluding carboxylic acids is 1. The third-order valence-corrected chi connectivity index (χ3v) is 2.72. The number of carbonyl (C=O) groups is 1. The molecule has 1 aromatic rings. The molecule has 0 radical (unpaired) electrons. The van der Waals surface area contributed by atoms with Crippen molar-refractivity contribution in [3.8, 4) is 11.8 Å². The zero-order chi connectivity index (χ0) is 13.9. The van der Waals surface area contributed by atoms with Crippen LogP contribution in [0.1, 0.15) is 15.9 Å². The van der Waals surface area contributed by atoms with Gasteiger partial charge < -0.3 is 9.84 Å². The second-order valence-corrected chi connectivity index (χ2v) is 4.06. The summed E-state index contributed by atoms with van der Waals surface area (Å²) in [4.78, 5) is 10.6. The lowest BCUT2D eigenvalue weighted by atomic mass is 10.1. The Morgan fingerprint density at radius 1 is 1.50 bits per heavy atom. The number of esters is 1. The van der Waals surface area contributed by atoms with E-state index in [9.17, 15) is 23.1 Å². The first-order valence-corrected chi connectivity index (χ1v) is 5.22.